The number of aromatic nitrogens is 1. The van der Waals surface area contributed by atoms with Crippen LogP contribution >= 0.6 is 34.9 Å². The Labute approximate surface area is 182 Å². The molecule has 0 spiro atoms. The van der Waals surface area contributed by atoms with Gasteiger partial charge in [-0.05, 0) is 37.4 Å². The van der Waals surface area contributed by atoms with E-state index >= 15 is 0 Å². The third kappa shape index (κ3) is 6.62. The van der Waals surface area contributed by atoms with Gasteiger partial charge >= 0.3 is 0 Å². The topological polar surface area (TPSA) is 71.1 Å². The van der Waals surface area contributed by atoms with E-state index in [4.69, 9.17) is 0 Å². The molecule has 150 valence electrons. The molecule has 0 atom stereocenters. The monoisotopic (exact) mass is 443 g/mol. The zero-order valence-electron chi connectivity index (χ0n) is 16.1. The van der Waals surface area contributed by atoms with Crippen LogP contribution < -0.4 is 10.6 Å². The molecule has 0 aliphatic heterocycles. The highest BCUT2D eigenvalue weighted by atomic mass is 32.2. The average molecular weight is 444 g/mol. The molecule has 3 aromatic rings. The van der Waals surface area contributed by atoms with Gasteiger partial charge in [0.15, 0.2) is 5.13 Å². The molecule has 8 heteroatoms. The number of carbonyl (C=O) groups excluding carboxylic acids is 2. The van der Waals surface area contributed by atoms with Crippen LogP contribution in [0, 0.1) is 6.92 Å². The summed E-state index contributed by atoms with van der Waals surface area (Å²) in [5, 5.41) is 8.10. The molecule has 0 unspecified atom stereocenters. The predicted molar refractivity (Wildman–Crippen MR) is 125 cm³/mol. The van der Waals surface area contributed by atoms with Gasteiger partial charge in [-0.25, -0.2) is 4.98 Å². The van der Waals surface area contributed by atoms with E-state index in [2.05, 4.69) is 27.8 Å². The summed E-state index contributed by atoms with van der Waals surface area (Å²) in [4.78, 5) is 29.8. The van der Waals surface area contributed by atoms with E-state index in [0.29, 0.717) is 5.13 Å². The summed E-state index contributed by atoms with van der Waals surface area (Å²) < 4.78 is 0. The van der Waals surface area contributed by atoms with Crippen molar-refractivity contribution in [2.24, 2.45) is 0 Å². The summed E-state index contributed by atoms with van der Waals surface area (Å²) in [7, 11) is 0. The number of hydrogen-bond donors (Lipinski definition) is 2. The first-order valence-corrected chi connectivity index (χ1v) is 12.1. The number of anilines is 2. The first kappa shape index (κ1) is 21.4. The van der Waals surface area contributed by atoms with Crippen LogP contribution in [0.3, 0.4) is 0 Å². The van der Waals surface area contributed by atoms with Gasteiger partial charge in [0.1, 0.15) is 0 Å². The highest BCUT2D eigenvalue weighted by Crippen LogP contribution is 2.26. The Kier molecular flexibility index (Phi) is 7.74. The molecule has 0 saturated heterocycles. The molecule has 3 rings (SSSR count). The van der Waals surface area contributed by atoms with Gasteiger partial charge in [0.05, 0.1) is 17.2 Å². The van der Waals surface area contributed by atoms with E-state index in [9.17, 15) is 9.59 Å². The lowest BCUT2D eigenvalue weighted by molar-refractivity contribution is -0.114. The summed E-state index contributed by atoms with van der Waals surface area (Å²) in [6, 6.07) is 15.7. The quantitative estimate of drug-likeness (QED) is 0.471. The predicted octanol–water partition coefficient (Wildman–Crippen LogP) is 5.15. The lowest BCUT2D eigenvalue weighted by Gasteiger charge is -2.05. The van der Waals surface area contributed by atoms with Crippen LogP contribution in [0.5, 0.6) is 0 Å². The fourth-order valence-electron chi connectivity index (χ4n) is 2.45. The molecule has 2 amide bonds. The summed E-state index contributed by atoms with van der Waals surface area (Å²) in [5.41, 5.74) is 3.74. The Bertz CT molecular complexity index is 970. The summed E-state index contributed by atoms with van der Waals surface area (Å²) in [5.74, 6) is 0.110. The fourth-order valence-corrected chi connectivity index (χ4v) is 4.21. The van der Waals surface area contributed by atoms with Crippen molar-refractivity contribution >= 4 is 57.5 Å². The Morgan fingerprint density at radius 2 is 1.62 bits per heavy atom. The van der Waals surface area contributed by atoms with E-state index in [1.165, 1.54) is 28.0 Å². The molecule has 0 saturated carbocycles. The minimum Gasteiger partial charge on any atom is -0.325 e. The van der Waals surface area contributed by atoms with Crippen LogP contribution in [0.15, 0.2) is 58.8 Å². The highest BCUT2D eigenvalue weighted by Gasteiger charge is 2.10. The second-order valence-electron chi connectivity index (χ2n) is 6.22. The summed E-state index contributed by atoms with van der Waals surface area (Å²) in [6.07, 6.45) is 2.04. The van der Waals surface area contributed by atoms with Gasteiger partial charge in [0.2, 0.25) is 11.8 Å². The Balaban J connectivity index is 1.43. The number of rotatable bonds is 8. The van der Waals surface area contributed by atoms with E-state index in [1.54, 1.807) is 11.8 Å². The number of benzene rings is 2. The van der Waals surface area contributed by atoms with Gasteiger partial charge in [-0.15, -0.1) is 34.9 Å². The smallest absolute Gasteiger partial charge is 0.236 e. The number of carbonyl (C=O) groups is 2. The van der Waals surface area contributed by atoms with Crippen LogP contribution in [-0.4, -0.2) is 34.6 Å². The average Bonchev–Trinajstić information content (AvgIpc) is 3.18. The van der Waals surface area contributed by atoms with Crippen LogP contribution in [0.2, 0.25) is 0 Å². The van der Waals surface area contributed by atoms with Gasteiger partial charge in [0, 0.05) is 21.5 Å². The van der Waals surface area contributed by atoms with Gasteiger partial charge in [0.25, 0.3) is 0 Å². The number of thioether (sulfide) groups is 2. The Hall–Kier alpha value is -2.29. The van der Waals surface area contributed by atoms with Crippen molar-refractivity contribution in [1.29, 1.82) is 0 Å². The minimum absolute atomic E-state index is 0.128. The standard InChI is InChI=1S/C21H21N3O2S3/c1-14-3-7-16(8-4-14)22-19(25)12-28-13-20(26)24-21-23-18(11-29-21)15-5-9-17(27-2)10-6-15/h3-11H,12-13H2,1-2H3,(H,22,25)(H,23,24,26). The normalized spacial score (nSPS) is 10.6. The molecular formula is C21H21N3O2S3. The lowest BCUT2D eigenvalue weighted by atomic mass is 10.2. The number of nitrogens with zero attached hydrogens (tertiary/aromatic N) is 1. The van der Waals surface area contributed by atoms with Crippen molar-refractivity contribution < 1.29 is 9.59 Å². The molecule has 5 nitrogen and oxygen atoms in total. The largest absolute Gasteiger partial charge is 0.325 e. The second kappa shape index (κ2) is 10.5. The zero-order chi connectivity index (χ0) is 20.6. The van der Waals surface area contributed by atoms with Crippen molar-refractivity contribution in [3.8, 4) is 11.3 Å². The van der Waals surface area contributed by atoms with E-state index in [-0.39, 0.29) is 23.3 Å². The maximum absolute atomic E-state index is 12.1. The number of nitrogens with one attached hydrogen (secondary N) is 2. The maximum Gasteiger partial charge on any atom is 0.236 e. The SMILES string of the molecule is CSc1ccc(-c2csc(NC(=O)CSCC(=O)Nc3ccc(C)cc3)n2)cc1. The Morgan fingerprint density at radius 1 is 0.966 bits per heavy atom. The molecule has 0 radical (unpaired) electrons. The summed E-state index contributed by atoms with van der Waals surface area (Å²) in [6.45, 7) is 1.99. The van der Waals surface area contributed by atoms with Gasteiger partial charge < -0.3 is 10.6 Å². The molecule has 0 bridgehead atoms. The second-order valence-corrected chi connectivity index (χ2v) is 8.94. The zero-order valence-corrected chi connectivity index (χ0v) is 18.5. The number of thiazole rings is 1. The Morgan fingerprint density at radius 3 is 2.28 bits per heavy atom. The number of aryl methyl sites for hydroxylation is 1. The van der Waals surface area contributed by atoms with Crippen LogP contribution in [0.25, 0.3) is 11.3 Å². The molecule has 2 N–H and O–H groups in total. The molecule has 0 fully saturated rings. The molecule has 0 aliphatic rings. The van der Waals surface area contributed by atoms with Crippen LogP contribution in [-0.2, 0) is 9.59 Å². The van der Waals surface area contributed by atoms with Gasteiger partial charge in [-0.2, -0.15) is 0 Å². The minimum atomic E-state index is -0.170. The lowest BCUT2D eigenvalue weighted by Crippen LogP contribution is -2.18. The number of hydrogen-bond acceptors (Lipinski definition) is 6. The van der Waals surface area contributed by atoms with E-state index in [0.717, 1.165) is 22.5 Å². The van der Waals surface area contributed by atoms with Gasteiger partial charge in [-0.3, -0.25) is 9.59 Å². The van der Waals surface area contributed by atoms with Crippen LogP contribution in [0.1, 0.15) is 5.56 Å². The van der Waals surface area contributed by atoms with Crippen LogP contribution in [0.4, 0.5) is 10.8 Å². The van der Waals surface area contributed by atoms with Crippen molar-refractivity contribution in [2.45, 2.75) is 11.8 Å². The third-order valence-electron chi connectivity index (χ3n) is 3.94. The highest BCUT2D eigenvalue weighted by molar-refractivity contribution is 8.00. The molecule has 1 aromatic heterocycles. The van der Waals surface area contributed by atoms with Crippen molar-refractivity contribution in [1.82, 2.24) is 4.98 Å². The first-order chi connectivity index (χ1) is 14.0. The van der Waals surface area contributed by atoms with E-state index < -0.39 is 0 Å². The molecular weight excluding hydrogens is 422 g/mol. The third-order valence-corrected chi connectivity index (χ3v) is 6.37. The summed E-state index contributed by atoms with van der Waals surface area (Å²) >= 11 is 4.35. The van der Waals surface area contributed by atoms with Crippen molar-refractivity contribution in [2.75, 3.05) is 28.4 Å². The van der Waals surface area contributed by atoms with Crippen molar-refractivity contribution in [3.63, 3.8) is 0 Å². The van der Waals surface area contributed by atoms with E-state index in [1.807, 2.05) is 55.0 Å². The molecule has 29 heavy (non-hydrogen) atoms. The maximum atomic E-state index is 12.1. The molecule has 0 aliphatic carbocycles. The first-order valence-electron chi connectivity index (χ1n) is 8.87. The number of amides is 2. The fraction of sp³-hybridized carbons (Fsp3) is 0.190. The van der Waals surface area contributed by atoms with Crippen molar-refractivity contribution in [3.05, 3.63) is 59.5 Å². The van der Waals surface area contributed by atoms with Gasteiger partial charge in [-0.1, -0.05) is 29.8 Å². The molecule has 1 heterocycles. The molecule has 2 aromatic carbocycles.